The Bertz CT molecular complexity index is 1610. The van der Waals surface area contributed by atoms with E-state index >= 15 is 0 Å². The predicted molar refractivity (Wildman–Crippen MR) is 144 cm³/mol. The molecule has 0 saturated carbocycles. The van der Waals surface area contributed by atoms with Gasteiger partial charge in [0.1, 0.15) is 11.6 Å². The van der Waals surface area contributed by atoms with Gasteiger partial charge in [0, 0.05) is 11.3 Å². The van der Waals surface area contributed by atoms with Gasteiger partial charge in [-0.3, -0.25) is 9.35 Å². The molecule has 1 aliphatic rings. The van der Waals surface area contributed by atoms with Crippen molar-refractivity contribution >= 4 is 21.7 Å². The molecule has 200 valence electrons. The van der Waals surface area contributed by atoms with Crippen LogP contribution in [0.15, 0.2) is 102 Å². The second kappa shape index (κ2) is 10.6. The first-order valence-corrected chi connectivity index (χ1v) is 13.8. The van der Waals surface area contributed by atoms with Crippen LogP contribution in [0.5, 0.6) is 5.75 Å². The molecule has 1 aliphatic heterocycles. The number of anilines is 1. The van der Waals surface area contributed by atoms with E-state index in [2.05, 4.69) is 0 Å². The van der Waals surface area contributed by atoms with Crippen molar-refractivity contribution in [2.24, 2.45) is 5.92 Å². The standard InChI is InChI=1S/C30H26FNO6S/c31-22-7-4-8-23(18-22)32-29(26(30(32)35)15-16-27(33)20-5-2-1-3-6-20)21-11-14-25(28(34)17-21)19-9-12-24(13-10-19)39(36,37)38/h1-14,17-18,26-27,29,33-34H,15-16H2,(H,36,37,38)/t26-,27+,29-/m1/s1. The maximum absolute atomic E-state index is 14.0. The number of aromatic hydroxyl groups is 1. The van der Waals surface area contributed by atoms with Gasteiger partial charge in [-0.1, -0.05) is 60.7 Å². The van der Waals surface area contributed by atoms with E-state index in [0.29, 0.717) is 35.2 Å². The highest BCUT2D eigenvalue weighted by Gasteiger charge is 2.48. The number of amides is 1. The van der Waals surface area contributed by atoms with Gasteiger partial charge in [-0.2, -0.15) is 8.42 Å². The zero-order chi connectivity index (χ0) is 27.7. The first kappa shape index (κ1) is 26.6. The van der Waals surface area contributed by atoms with Crippen molar-refractivity contribution < 1.29 is 32.4 Å². The van der Waals surface area contributed by atoms with Gasteiger partial charge in [0.05, 0.1) is 23.0 Å². The molecule has 1 heterocycles. The van der Waals surface area contributed by atoms with Gasteiger partial charge in [0.15, 0.2) is 0 Å². The average Bonchev–Trinajstić information content (AvgIpc) is 2.91. The molecule has 3 atom stereocenters. The lowest BCUT2D eigenvalue weighted by Gasteiger charge is -2.48. The number of β-lactam (4-membered cyclic amide) rings is 1. The van der Waals surface area contributed by atoms with Gasteiger partial charge < -0.3 is 15.1 Å². The first-order valence-electron chi connectivity index (χ1n) is 12.4. The third-order valence-corrected chi connectivity index (χ3v) is 7.93. The highest BCUT2D eigenvalue weighted by atomic mass is 32.2. The fraction of sp³-hybridized carbons (Fsp3) is 0.167. The van der Waals surface area contributed by atoms with Crippen LogP contribution < -0.4 is 4.90 Å². The van der Waals surface area contributed by atoms with E-state index in [4.69, 9.17) is 0 Å². The number of hydrogen-bond donors (Lipinski definition) is 3. The second-order valence-corrected chi connectivity index (χ2v) is 10.9. The van der Waals surface area contributed by atoms with Gasteiger partial charge in [-0.15, -0.1) is 0 Å². The molecule has 3 N–H and O–H groups in total. The van der Waals surface area contributed by atoms with Gasteiger partial charge in [0.25, 0.3) is 10.1 Å². The minimum Gasteiger partial charge on any atom is -0.507 e. The van der Waals surface area contributed by atoms with E-state index in [0.717, 1.165) is 5.56 Å². The van der Waals surface area contributed by atoms with E-state index in [1.165, 1.54) is 53.4 Å². The first-order chi connectivity index (χ1) is 18.6. The maximum Gasteiger partial charge on any atom is 0.294 e. The van der Waals surface area contributed by atoms with E-state index < -0.39 is 34.0 Å². The van der Waals surface area contributed by atoms with Crippen molar-refractivity contribution in [1.29, 1.82) is 0 Å². The highest BCUT2D eigenvalue weighted by Crippen LogP contribution is 2.47. The lowest BCUT2D eigenvalue weighted by Crippen LogP contribution is -2.55. The zero-order valence-electron chi connectivity index (χ0n) is 20.7. The number of benzene rings is 4. The Balaban J connectivity index is 1.44. The number of carbonyl (C=O) groups is 1. The monoisotopic (exact) mass is 547 g/mol. The number of aliphatic hydroxyl groups is 1. The molecule has 1 saturated heterocycles. The minimum atomic E-state index is -4.35. The Hall–Kier alpha value is -4.05. The summed E-state index contributed by atoms with van der Waals surface area (Å²) in [6.45, 7) is 0. The summed E-state index contributed by atoms with van der Waals surface area (Å²) in [5.41, 5.74) is 2.74. The van der Waals surface area contributed by atoms with Crippen LogP contribution in [0.3, 0.4) is 0 Å². The molecule has 9 heteroatoms. The van der Waals surface area contributed by atoms with Gasteiger partial charge >= 0.3 is 0 Å². The fourth-order valence-corrected chi connectivity index (χ4v) is 5.57. The summed E-state index contributed by atoms with van der Waals surface area (Å²) in [5, 5.41) is 21.6. The van der Waals surface area contributed by atoms with Crippen LogP contribution in [0.2, 0.25) is 0 Å². The summed E-state index contributed by atoms with van der Waals surface area (Å²) < 4.78 is 45.9. The summed E-state index contributed by atoms with van der Waals surface area (Å²) in [6.07, 6.45) is -0.0207. The van der Waals surface area contributed by atoms with Crippen LogP contribution >= 0.6 is 0 Å². The number of carbonyl (C=O) groups excluding carboxylic acids is 1. The molecule has 0 aromatic heterocycles. The van der Waals surface area contributed by atoms with E-state index in [-0.39, 0.29) is 16.6 Å². The minimum absolute atomic E-state index is 0.0892. The number of hydrogen-bond acceptors (Lipinski definition) is 5. The van der Waals surface area contributed by atoms with E-state index in [1.807, 2.05) is 30.3 Å². The van der Waals surface area contributed by atoms with Crippen molar-refractivity contribution in [2.45, 2.75) is 29.9 Å². The van der Waals surface area contributed by atoms with Crippen LogP contribution in [0.1, 0.15) is 36.1 Å². The molecule has 0 aliphatic carbocycles. The summed E-state index contributed by atoms with van der Waals surface area (Å²) in [4.78, 5) is 14.5. The highest BCUT2D eigenvalue weighted by molar-refractivity contribution is 7.85. The molecule has 1 amide bonds. The Morgan fingerprint density at radius 3 is 2.26 bits per heavy atom. The summed E-state index contributed by atoms with van der Waals surface area (Å²) in [5.74, 6) is -1.26. The number of halogens is 1. The zero-order valence-corrected chi connectivity index (χ0v) is 21.5. The summed E-state index contributed by atoms with van der Waals surface area (Å²) >= 11 is 0. The van der Waals surface area contributed by atoms with Crippen LogP contribution in [0.25, 0.3) is 11.1 Å². The van der Waals surface area contributed by atoms with E-state index in [9.17, 15) is 32.4 Å². The Labute approximate surface area is 225 Å². The Morgan fingerprint density at radius 2 is 1.62 bits per heavy atom. The molecule has 1 fully saturated rings. The number of aliphatic hydroxyl groups excluding tert-OH is 1. The Kier molecular flexibility index (Phi) is 7.22. The lowest BCUT2D eigenvalue weighted by atomic mass is 9.78. The van der Waals surface area contributed by atoms with Gasteiger partial charge in [0.2, 0.25) is 5.91 Å². The molecule has 39 heavy (non-hydrogen) atoms. The molecule has 0 radical (unpaired) electrons. The lowest BCUT2D eigenvalue weighted by molar-refractivity contribution is -0.131. The molecule has 5 rings (SSSR count). The van der Waals surface area contributed by atoms with Crippen molar-refractivity contribution in [3.05, 3.63) is 114 Å². The summed E-state index contributed by atoms with van der Waals surface area (Å²) in [7, 11) is -4.35. The molecule has 0 unspecified atom stereocenters. The van der Waals surface area contributed by atoms with Crippen molar-refractivity contribution in [3.8, 4) is 16.9 Å². The fourth-order valence-electron chi connectivity index (χ4n) is 5.09. The largest absolute Gasteiger partial charge is 0.507 e. The van der Waals surface area contributed by atoms with Crippen LogP contribution in [-0.4, -0.2) is 29.1 Å². The van der Waals surface area contributed by atoms with Gasteiger partial charge in [-0.05, 0) is 65.9 Å². The normalized spacial score (nSPS) is 18.0. The van der Waals surface area contributed by atoms with Crippen LogP contribution in [0, 0.1) is 11.7 Å². The smallest absolute Gasteiger partial charge is 0.294 e. The van der Waals surface area contributed by atoms with Crippen molar-refractivity contribution in [2.75, 3.05) is 4.90 Å². The molecular weight excluding hydrogens is 521 g/mol. The molecule has 4 aromatic carbocycles. The number of rotatable bonds is 8. The molecule has 0 bridgehead atoms. The molecular formula is C30H26FNO6S. The van der Waals surface area contributed by atoms with E-state index in [1.54, 1.807) is 18.2 Å². The summed E-state index contributed by atoms with van der Waals surface area (Å²) in [6, 6.07) is 24.8. The maximum atomic E-state index is 14.0. The second-order valence-electron chi connectivity index (χ2n) is 9.52. The predicted octanol–water partition coefficient (Wildman–Crippen LogP) is 5.66. The molecule has 7 nitrogen and oxygen atoms in total. The SMILES string of the molecule is O=C1[C@H](CC[C@H](O)c2ccccc2)[C@@H](c2ccc(-c3ccc(S(=O)(=O)O)cc3)c(O)c2)N1c1cccc(F)c1. The quantitative estimate of drug-likeness (QED) is 0.194. The van der Waals surface area contributed by atoms with Gasteiger partial charge in [-0.25, -0.2) is 4.39 Å². The van der Waals surface area contributed by atoms with Crippen molar-refractivity contribution in [3.63, 3.8) is 0 Å². The van der Waals surface area contributed by atoms with Crippen LogP contribution in [-0.2, 0) is 14.9 Å². The third kappa shape index (κ3) is 5.42. The number of phenols is 1. The topological polar surface area (TPSA) is 115 Å². The third-order valence-electron chi connectivity index (χ3n) is 7.06. The molecule has 0 spiro atoms. The number of nitrogens with zero attached hydrogens (tertiary/aromatic N) is 1. The Morgan fingerprint density at radius 1 is 0.897 bits per heavy atom. The van der Waals surface area contributed by atoms with Crippen LogP contribution in [0.4, 0.5) is 10.1 Å². The number of phenolic OH excluding ortho intramolecular Hbond substituents is 1. The van der Waals surface area contributed by atoms with Crippen molar-refractivity contribution in [1.82, 2.24) is 0 Å². The average molecular weight is 548 g/mol. The molecule has 4 aromatic rings.